The lowest BCUT2D eigenvalue weighted by Crippen LogP contribution is -2.02. The molecule has 120 valence electrons. The van der Waals surface area contributed by atoms with Crippen molar-refractivity contribution in [3.8, 4) is 23.0 Å². The van der Waals surface area contributed by atoms with Crippen molar-refractivity contribution < 1.29 is 23.7 Å². The Bertz CT molecular complexity index is 729. The lowest BCUT2D eigenvalue weighted by molar-refractivity contribution is 0.112. The third-order valence-electron chi connectivity index (χ3n) is 3.29. The molecule has 0 atom stereocenters. The minimum atomic E-state index is 0.249. The molecule has 0 aromatic heterocycles. The second-order valence-electron chi connectivity index (χ2n) is 4.86. The summed E-state index contributed by atoms with van der Waals surface area (Å²) in [4.78, 5) is 11.0. The van der Waals surface area contributed by atoms with E-state index >= 15 is 0 Å². The van der Waals surface area contributed by atoms with E-state index < -0.39 is 0 Å². The summed E-state index contributed by atoms with van der Waals surface area (Å²) in [5.41, 5.74) is 1.53. The first-order valence-electron chi connectivity index (χ1n) is 7.14. The molecule has 1 aliphatic rings. The Hall–Kier alpha value is -1.96. The average molecular weight is 426 g/mol. The monoisotopic (exact) mass is 426 g/mol. The highest BCUT2D eigenvalue weighted by Crippen LogP contribution is 2.36. The number of fused-ring (bicyclic) bond motifs is 1. The Morgan fingerprint density at radius 3 is 2.78 bits per heavy atom. The molecule has 0 aliphatic carbocycles. The maximum Gasteiger partial charge on any atom is 0.231 e. The number of benzene rings is 2. The summed E-state index contributed by atoms with van der Waals surface area (Å²) in [7, 11) is 0. The molecule has 1 heterocycles. The van der Waals surface area contributed by atoms with Gasteiger partial charge in [-0.25, -0.2) is 0 Å². The van der Waals surface area contributed by atoms with Crippen LogP contribution in [0, 0.1) is 3.57 Å². The lowest BCUT2D eigenvalue weighted by Gasteiger charge is -2.14. The standard InChI is InChI=1S/C17H15IO5/c1-2-20-16-7-12(8-19)5-13(18)17(16)21-9-11-3-4-14-15(6-11)23-10-22-14/h3-8H,2,9-10H2,1H3. The second-order valence-corrected chi connectivity index (χ2v) is 6.02. The number of halogens is 1. The van der Waals surface area contributed by atoms with Gasteiger partial charge in [-0.3, -0.25) is 4.79 Å². The summed E-state index contributed by atoms with van der Waals surface area (Å²) in [6.45, 7) is 3.01. The minimum Gasteiger partial charge on any atom is -0.490 e. The first-order chi connectivity index (χ1) is 11.2. The van der Waals surface area contributed by atoms with E-state index in [-0.39, 0.29) is 6.79 Å². The summed E-state index contributed by atoms with van der Waals surface area (Å²) in [6.07, 6.45) is 0.798. The van der Waals surface area contributed by atoms with E-state index in [0.29, 0.717) is 30.3 Å². The average Bonchev–Trinajstić information content (AvgIpc) is 3.01. The van der Waals surface area contributed by atoms with Gasteiger partial charge in [0, 0.05) is 5.56 Å². The van der Waals surface area contributed by atoms with Gasteiger partial charge in [-0.15, -0.1) is 0 Å². The zero-order valence-electron chi connectivity index (χ0n) is 12.5. The molecule has 0 saturated carbocycles. The summed E-state index contributed by atoms with van der Waals surface area (Å²) in [5.74, 6) is 2.67. The molecular weight excluding hydrogens is 411 g/mol. The topological polar surface area (TPSA) is 54.0 Å². The van der Waals surface area contributed by atoms with Crippen LogP contribution in [0.5, 0.6) is 23.0 Å². The molecule has 0 unspecified atom stereocenters. The van der Waals surface area contributed by atoms with E-state index in [4.69, 9.17) is 18.9 Å². The fraction of sp³-hybridized carbons (Fsp3) is 0.235. The molecular formula is C17H15IO5. The zero-order valence-corrected chi connectivity index (χ0v) is 14.7. The van der Waals surface area contributed by atoms with Crippen molar-refractivity contribution in [1.82, 2.24) is 0 Å². The van der Waals surface area contributed by atoms with Crippen LogP contribution in [-0.2, 0) is 6.61 Å². The fourth-order valence-corrected chi connectivity index (χ4v) is 3.03. The molecule has 1 aliphatic heterocycles. The van der Waals surface area contributed by atoms with Crippen LogP contribution < -0.4 is 18.9 Å². The quantitative estimate of drug-likeness (QED) is 0.520. The number of hydrogen-bond donors (Lipinski definition) is 0. The molecule has 0 fully saturated rings. The van der Waals surface area contributed by atoms with Crippen LogP contribution in [0.2, 0.25) is 0 Å². The molecule has 2 aromatic rings. The lowest BCUT2D eigenvalue weighted by atomic mass is 10.2. The third kappa shape index (κ3) is 3.52. The van der Waals surface area contributed by atoms with Gasteiger partial charge >= 0.3 is 0 Å². The highest BCUT2D eigenvalue weighted by molar-refractivity contribution is 14.1. The Balaban J connectivity index is 1.80. The van der Waals surface area contributed by atoms with Crippen LogP contribution in [-0.4, -0.2) is 19.7 Å². The molecule has 0 bridgehead atoms. The number of carbonyl (C=O) groups is 1. The number of ether oxygens (including phenoxy) is 4. The van der Waals surface area contributed by atoms with Crippen LogP contribution in [0.3, 0.4) is 0 Å². The number of hydrogen-bond acceptors (Lipinski definition) is 5. The Labute approximate surface area is 147 Å². The normalized spacial score (nSPS) is 12.1. The maximum absolute atomic E-state index is 11.0. The molecule has 0 radical (unpaired) electrons. The number of aldehydes is 1. The summed E-state index contributed by atoms with van der Waals surface area (Å²) in [5, 5.41) is 0. The van der Waals surface area contributed by atoms with Gasteiger partial charge in [-0.1, -0.05) is 6.07 Å². The van der Waals surface area contributed by atoms with E-state index in [1.54, 1.807) is 12.1 Å². The van der Waals surface area contributed by atoms with E-state index in [1.807, 2.05) is 25.1 Å². The second kappa shape index (κ2) is 7.08. The van der Waals surface area contributed by atoms with Gasteiger partial charge in [0.15, 0.2) is 23.0 Å². The van der Waals surface area contributed by atoms with Crippen LogP contribution >= 0.6 is 22.6 Å². The molecule has 0 amide bonds. The van der Waals surface area contributed by atoms with E-state index in [0.717, 1.165) is 26.9 Å². The highest BCUT2D eigenvalue weighted by Gasteiger charge is 2.15. The predicted octanol–water partition coefficient (Wildman–Crippen LogP) is 3.81. The molecule has 0 spiro atoms. The molecule has 23 heavy (non-hydrogen) atoms. The van der Waals surface area contributed by atoms with Gasteiger partial charge in [0.25, 0.3) is 0 Å². The minimum absolute atomic E-state index is 0.249. The van der Waals surface area contributed by atoms with Gasteiger partial charge in [-0.2, -0.15) is 0 Å². The summed E-state index contributed by atoms with van der Waals surface area (Å²) < 4.78 is 23.0. The third-order valence-corrected chi connectivity index (χ3v) is 4.09. The first-order valence-corrected chi connectivity index (χ1v) is 8.22. The van der Waals surface area contributed by atoms with Gasteiger partial charge in [0.1, 0.15) is 12.9 Å². The van der Waals surface area contributed by atoms with Crippen molar-refractivity contribution in [3.05, 3.63) is 45.0 Å². The van der Waals surface area contributed by atoms with E-state index in [9.17, 15) is 4.79 Å². The predicted molar refractivity (Wildman–Crippen MR) is 92.6 cm³/mol. The zero-order chi connectivity index (χ0) is 16.2. The molecule has 0 N–H and O–H groups in total. The largest absolute Gasteiger partial charge is 0.490 e. The van der Waals surface area contributed by atoms with Crippen molar-refractivity contribution in [2.24, 2.45) is 0 Å². The van der Waals surface area contributed by atoms with Crippen LogP contribution in [0.1, 0.15) is 22.8 Å². The van der Waals surface area contributed by atoms with Crippen molar-refractivity contribution in [2.45, 2.75) is 13.5 Å². The number of carbonyl (C=O) groups excluding carboxylic acids is 1. The molecule has 3 rings (SSSR count). The molecule has 6 heteroatoms. The van der Waals surface area contributed by atoms with Crippen molar-refractivity contribution in [3.63, 3.8) is 0 Å². The maximum atomic E-state index is 11.0. The van der Waals surface area contributed by atoms with Gasteiger partial charge in [0.05, 0.1) is 10.2 Å². The SMILES string of the molecule is CCOc1cc(C=O)cc(I)c1OCc1ccc2c(c1)OCO2. The van der Waals surface area contributed by atoms with Crippen LogP contribution in [0.4, 0.5) is 0 Å². The summed E-state index contributed by atoms with van der Waals surface area (Å²) in [6, 6.07) is 9.15. The van der Waals surface area contributed by atoms with E-state index in [2.05, 4.69) is 22.6 Å². The number of rotatable bonds is 6. The summed E-state index contributed by atoms with van der Waals surface area (Å²) >= 11 is 2.14. The van der Waals surface area contributed by atoms with Crippen molar-refractivity contribution >= 4 is 28.9 Å². The fourth-order valence-electron chi connectivity index (χ4n) is 2.25. The van der Waals surface area contributed by atoms with E-state index in [1.165, 1.54) is 0 Å². The van der Waals surface area contributed by atoms with Crippen molar-refractivity contribution in [1.29, 1.82) is 0 Å². The van der Waals surface area contributed by atoms with Crippen molar-refractivity contribution in [2.75, 3.05) is 13.4 Å². The highest BCUT2D eigenvalue weighted by atomic mass is 127. The van der Waals surface area contributed by atoms with Gasteiger partial charge in [0.2, 0.25) is 6.79 Å². The van der Waals surface area contributed by atoms with Crippen LogP contribution in [0.15, 0.2) is 30.3 Å². The smallest absolute Gasteiger partial charge is 0.231 e. The van der Waals surface area contributed by atoms with Gasteiger partial charge < -0.3 is 18.9 Å². The Kier molecular flexibility index (Phi) is 4.90. The molecule has 2 aromatic carbocycles. The molecule has 5 nitrogen and oxygen atoms in total. The first kappa shape index (κ1) is 15.9. The Morgan fingerprint density at radius 1 is 1.17 bits per heavy atom. The van der Waals surface area contributed by atoms with Gasteiger partial charge in [-0.05, 0) is 59.3 Å². The Morgan fingerprint density at radius 2 is 2.00 bits per heavy atom. The van der Waals surface area contributed by atoms with Crippen LogP contribution in [0.25, 0.3) is 0 Å². The molecule has 0 saturated heterocycles.